The monoisotopic (exact) mass is 157 g/mol. The normalized spacial score (nSPS) is 12.8. The molecule has 6 nitrogen and oxygen atoms in total. The number of nitrogens with zero attached hydrogens (tertiary/aromatic N) is 3. The third kappa shape index (κ3) is 2.01. The molecule has 60 valence electrons. The molecule has 1 aromatic heterocycles. The van der Waals surface area contributed by atoms with E-state index in [9.17, 15) is 10.1 Å². The number of nitro groups is 1. The van der Waals surface area contributed by atoms with Crippen molar-refractivity contribution >= 4 is 0 Å². The lowest BCUT2D eigenvalue weighted by molar-refractivity contribution is -0.572. The zero-order chi connectivity index (χ0) is 8.27. The first-order valence-electron chi connectivity index (χ1n) is 2.97. The molecular weight excluding hydrogens is 150 g/mol. The van der Waals surface area contributed by atoms with E-state index >= 15 is 0 Å². The van der Waals surface area contributed by atoms with E-state index in [-0.39, 0.29) is 6.54 Å². The lowest BCUT2D eigenvalue weighted by atomic mass is 10.5. The Balaban J connectivity index is 2.50. The highest BCUT2D eigenvalue weighted by Crippen LogP contribution is 1.91. The number of hydrogen-bond donors (Lipinski definition) is 1. The molecule has 1 heterocycles. The zero-order valence-electron chi connectivity index (χ0n) is 5.62. The fraction of sp³-hybridized carbons (Fsp3) is 0.400. The molecule has 0 fully saturated rings. The Morgan fingerprint density at radius 3 is 3.00 bits per heavy atom. The standard InChI is InChI=1S/C5H7N3O3/c9-5(8(10)11)3-7-2-1-6-4-7/h1-2,4-5,9H,3H2. The quantitative estimate of drug-likeness (QED) is 0.363. The van der Waals surface area contributed by atoms with Crippen LogP contribution >= 0.6 is 0 Å². The summed E-state index contributed by atoms with van der Waals surface area (Å²) in [7, 11) is 0. The van der Waals surface area contributed by atoms with Gasteiger partial charge in [-0.2, -0.15) is 0 Å². The molecule has 0 aliphatic carbocycles. The van der Waals surface area contributed by atoms with Crippen molar-refractivity contribution < 1.29 is 10.0 Å². The highest BCUT2D eigenvalue weighted by atomic mass is 16.7. The van der Waals surface area contributed by atoms with E-state index < -0.39 is 11.2 Å². The fourth-order valence-electron chi connectivity index (χ4n) is 0.650. The number of rotatable bonds is 3. The second-order valence-corrected chi connectivity index (χ2v) is 2.03. The first kappa shape index (κ1) is 7.67. The van der Waals surface area contributed by atoms with Gasteiger partial charge < -0.3 is 9.67 Å². The van der Waals surface area contributed by atoms with Gasteiger partial charge in [-0.05, 0) is 0 Å². The number of hydrogen-bond acceptors (Lipinski definition) is 4. The summed E-state index contributed by atoms with van der Waals surface area (Å²) in [6.07, 6.45) is 2.90. The minimum Gasteiger partial charge on any atom is -0.332 e. The molecule has 1 atom stereocenters. The van der Waals surface area contributed by atoms with Gasteiger partial charge in [-0.25, -0.2) is 4.98 Å². The topological polar surface area (TPSA) is 81.2 Å². The third-order valence-electron chi connectivity index (χ3n) is 1.18. The Hall–Kier alpha value is -1.43. The first-order chi connectivity index (χ1) is 5.20. The minimum atomic E-state index is -1.55. The van der Waals surface area contributed by atoms with Crippen LogP contribution in [0.1, 0.15) is 0 Å². The van der Waals surface area contributed by atoms with Crippen LogP contribution in [0.25, 0.3) is 0 Å². The van der Waals surface area contributed by atoms with Gasteiger partial charge in [0.2, 0.25) is 0 Å². The molecule has 0 saturated heterocycles. The Bertz CT molecular complexity index is 233. The second-order valence-electron chi connectivity index (χ2n) is 2.03. The average Bonchev–Trinajstić information content (AvgIpc) is 2.39. The molecule has 0 saturated carbocycles. The molecule has 1 rings (SSSR count). The highest BCUT2D eigenvalue weighted by Gasteiger charge is 2.14. The largest absolute Gasteiger partial charge is 0.332 e. The van der Waals surface area contributed by atoms with Crippen LogP contribution in [0.2, 0.25) is 0 Å². The summed E-state index contributed by atoms with van der Waals surface area (Å²) in [5, 5.41) is 18.7. The van der Waals surface area contributed by atoms with E-state index in [1.54, 1.807) is 6.20 Å². The average molecular weight is 157 g/mol. The van der Waals surface area contributed by atoms with Crippen molar-refractivity contribution in [3.8, 4) is 0 Å². The van der Waals surface area contributed by atoms with E-state index in [1.807, 2.05) is 0 Å². The summed E-state index contributed by atoms with van der Waals surface area (Å²) in [4.78, 5) is 12.9. The number of aliphatic hydroxyl groups excluding tert-OH is 1. The van der Waals surface area contributed by atoms with Gasteiger partial charge in [0.15, 0.2) is 0 Å². The fourth-order valence-corrected chi connectivity index (χ4v) is 0.650. The molecule has 0 radical (unpaired) electrons. The van der Waals surface area contributed by atoms with Crippen molar-refractivity contribution in [1.82, 2.24) is 9.55 Å². The molecule has 0 amide bonds. The maximum absolute atomic E-state index is 9.95. The van der Waals surface area contributed by atoms with E-state index in [0.29, 0.717) is 0 Å². The molecule has 1 N–H and O–H groups in total. The van der Waals surface area contributed by atoms with Crippen molar-refractivity contribution in [2.45, 2.75) is 12.8 Å². The molecule has 6 heteroatoms. The number of aliphatic hydroxyl groups is 1. The molecule has 0 bridgehead atoms. The molecule has 0 aromatic carbocycles. The van der Waals surface area contributed by atoms with Gasteiger partial charge in [0.1, 0.15) is 6.54 Å². The predicted octanol–water partition coefficient (Wildman–Crippen LogP) is -0.522. The van der Waals surface area contributed by atoms with E-state index in [4.69, 9.17) is 5.11 Å². The molecule has 0 aliphatic heterocycles. The summed E-state index contributed by atoms with van der Waals surface area (Å²) in [5.41, 5.74) is 0. The maximum atomic E-state index is 9.95. The van der Waals surface area contributed by atoms with Crippen LogP contribution in [0, 0.1) is 10.1 Å². The summed E-state index contributed by atoms with van der Waals surface area (Å²) < 4.78 is 1.44. The zero-order valence-corrected chi connectivity index (χ0v) is 5.62. The van der Waals surface area contributed by atoms with E-state index in [2.05, 4.69) is 4.98 Å². The van der Waals surface area contributed by atoms with Crippen LogP contribution in [0.4, 0.5) is 0 Å². The maximum Gasteiger partial charge on any atom is 0.330 e. The van der Waals surface area contributed by atoms with Crippen LogP contribution in [-0.2, 0) is 6.54 Å². The SMILES string of the molecule is O=[N+]([O-])C(O)Cn1ccnc1. The molecule has 0 spiro atoms. The summed E-state index contributed by atoms with van der Waals surface area (Å²) in [5.74, 6) is 0. The summed E-state index contributed by atoms with van der Waals surface area (Å²) in [6, 6.07) is 0. The molecule has 1 aromatic rings. The van der Waals surface area contributed by atoms with Gasteiger partial charge in [-0.3, -0.25) is 10.1 Å². The Morgan fingerprint density at radius 2 is 2.55 bits per heavy atom. The van der Waals surface area contributed by atoms with Gasteiger partial charge in [0.25, 0.3) is 0 Å². The summed E-state index contributed by atoms with van der Waals surface area (Å²) in [6.45, 7) is -0.0625. The first-order valence-corrected chi connectivity index (χ1v) is 2.97. The molecule has 11 heavy (non-hydrogen) atoms. The van der Waals surface area contributed by atoms with Crippen LogP contribution in [-0.4, -0.2) is 25.8 Å². The van der Waals surface area contributed by atoms with E-state index in [0.717, 1.165) is 0 Å². The number of aromatic nitrogens is 2. The van der Waals surface area contributed by atoms with Crippen molar-refractivity contribution in [1.29, 1.82) is 0 Å². The van der Waals surface area contributed by atoms with Crippen molar-refractivity contribution in [3.05, 3.63) is 28.8 Å². The van der Waals surface area contributed by atoms with Crippen LogP contribution < -0.4 is 0 Å². The van der Waals surface area contributed by atoms with E-state index in [1.165, 1.54) is 17.1 Å². The van der Waals surface area contributed by atoms with Gasteiger partial charge in [-0.15, -0.1) is 0 Å². The lowest BCUT2D eigenvalue weighted by Gasteiger charge is -2.01. The lowest BCUT2D eigenvalue weighted by Crippen LogP contribution is -2.23. The smallest absolute Gasteiger partial charge is 0.330 e. The van der Waals surface area contributed by atoms with Crippen molar-refractivity contribution in [3.63, 3.8) is 0 Å². The summed E-state index contributed by atoms with van der Waals surface area (Å²) >= 11 is 0. The Labute approximate surface area is 62.2 Å². The second kappa shape index (κ2) is 3.11. The van der Waals surface area contributed by atoms with Crippen LogP contribution in [0.5, 0.6) is 0 Å². The minimum absolute atomic E-state index is 0.0625. The highest BCUT2D eigenvalue weighted by molar-refractivity contribution is 4.73. The predicted molar refractivity (Wildman–Crippen MR) is 35.2 cm³/mol. The Kier molecular flexibility index (Phi) is 2.17. The van der Waals surface area contributed by atoms with Gasteiger partial charge in [0, 0.05) is 12.4 Å². The van der Waals surface area contributed by atoms with Gasteiger partial charge >= 0.3 is 6.23 Å². The molecule has 1 unspecified atom stereocenters. The number of imidazole rings is 1. The molecule has 0 aliphatic rings. The van der Waals surface area contributed by atoms with Gasteiger partial charge in [-0.1, -0.05) is 0 Å². The molecular formula is C5H7N3O3. The third-order valence-corrected chi connectivity index (χ3v) is 1.18. The van der Waals surface area contributed by atoms with Crippen LogP contribution in [0.3, 0.4) is 0 Å². The Morgan fingerprint density at radius 1 is 1.82 bits per heavy atom. The van der Waals surface area contributed by atoms with Crippen LogP contribution in [0.15, 0.2) is 18.7 Å². The van der Waals surface area contributed by atoms with Crippen molar-refractivity contribution in [2.75, 3.05) is 0 Å². The van der Waals surface area contributed by atoms with Crippen molar-refractivity contribution in [2.24, 2.45) is 0 Å². The van der Waals surface area contributed by atoms with Gasteiger partial charge in [0.05, 0.1) is 11.3 Å².